The molecule has 0 aliphatic heterocycles. The van der Waals surface area contributed by atoms with E-state index >= 15 is 0 Å². The van der Waals surface area contributed by atoms with E-state index in [-0.39, 0.29) is 6.61 Å². The predicted molar refractivity (Wildman–Crippen MR) is 59.5 cm³/mol. The fraction of sp³-hybridized carbons (Fsp3) is 0.700. The summed E-state index contributed by atoms with van der Waals surface area (Å²) in [6.45, 7) is 0.169. The van der Waals surface area contributed by atoms with Gasteiger partial charge in [-0.25, -0.2) is 4.98 Å². The fourth-order valence-corrected chi connectivity index (χ4v) is 1.27. The van der Waals surface area contributed by atoms with Crippen molar-refractivity contribution >= 4 is 5.95 Å². The fourth-order valence-electron chi connectivity index (χ4n) is 1.27. The molecule has 0 saturated heterocycles. The molecule has 1 rings (SSSR count). The molecule has 0 saturated carbocycles. The first-order valence-corrected chi connectivity index (χ1v) is 5.41. The second-order valence-corrected chi connectivity index (χ2v) is 3.53. The summed E-state index contributed by atoms with van der Waals surface area (Å²) in [5.41, 5.74) is 0. The maximum Gasteiger partial charge on any atom is 0.411 e. The van der Waals surface area contributed by atoms with Crippen molar-refractivity contribution in [3.63, 3.8) is 0 Å². The highest BCUT2D eigenvalue weighted by Crippen LogP contribution is 2.14. The first kappa shape index (κ1) is 14.8. The van der Waals surface area contributed by atoms with Gasteiger partial charge in [-0.1, -0.05) is 0 Å². The number of methoxy groups -OCH3 is 1. The molecular weight excluding hydrogens is 251 g/mol. The summed E-state index contributed by atoms with van der Waals surface area (Å²) in [4.78, 5) is 4.03. The van der Waals surface area contributed by atoms with E-state index in [2.05, 4.69) is 15.0 Å². The van der Waals surface area contributed by atoms with Crippen molar-refractivity contribution in [2.24, 2.45) is 0 Å². The minimum Gasteiger partial charge on any atom is -0.383 e. The van der Waals surface area contributed by atoms with Gasteiger partial charge < -0.3 is 19.4 Å². The molecule has 1 N–H and O–H groups in total. The Morgan fingerprint density at radius 3 is 2.83 bits per heavy atom. The van der Waals surface area contributed by atoms with E-state index in [1.165, 1.54) is 0 Å². The Balaban J connectivity index is 2.27. The van der Waals surface area contributed by atoms with E-state index in [4.69, 9.17) is 4.74 Å². The van der Waals surface area contributed by atoms with Gasteiger partial charge >= 0.3 is 6.18 Å². The first-order chi connectivity index (χ1) is 8.53. The van der Waals surface area contributed by atoms with Crippen LogP contribution < -0.4 is 5.32 Å². The third kappa shape index (κ3) is 5.87. The zero-order chi connectivity index (χ0) is 13.4. The lowest BCUT2D eigenvalue weighted by Gasteiger charge is -2.11. The van der Waals surface area contributed by atoms with E-state index in [0.29, 0.717) is 25.6 Å². The zero-order valence-electron chi connectivity index (χ0n) is 10.0. The van der Waals surface area contributed by atoms with Gasteiger partial charge in [0.25, 0.3) is 0 Å². The van der Waals surface area contributed by atoms with Gasteiger partial charge in [-0.3, -0.25) is 0 Å². The quantitative estimate of drug-likeness (QED) is 0.725. The molecule has 0 aliphatic carbocycles. The van der Waals surface area contributed by atoms with Gasteiger partial charge in [-0.15, -0.1) is 0 Å². The molecule has 0 fully saturated rings. The molecule has 5 nitrogen and oxygen atoms in total. The second kappa shape index (κ2) is 7.22. The van der Waals surface area contributed by atoms with Crippen molar-refractivity contribution in [3.8, 4) is 0 Å². The Bertz CT molecular complexity index is 341. The van der Waals surface area contributed by atoms with Gasteiger partial charge in [0.05, 0.1) is 13.2 Å². The molecule has 0 atom stereocenters. The lowest BCUT2D eigenvalue weighted by molar-refractivity contribution is -0.174. The molecule has 104 valence electrons. The molecule has 0 aliphatic rings. The number of hydrogen-bond donors (Lipinski definition) is 1. The molecule has 0 amide bonds. The Morgan fingerprint density at radius 1 is 1.39 bits per heavy atom. The summed E-state index contributed by atoms with van der Waals surface area (Å²) >= 11 is 0. The highest BCUT2D eigenvalue weighted by Gasteiger charge is 2.27. The van der Waals surface area contributed by atoms with Crippen LogP contribution in [-0.4, -0.2) is 49.2 Å². The molecule has 1 aromatic heterocycles. The molecule has 0 spiro atoms. The predicted octanol–water partition coefficient (Wildman–Crippen LogP) is 1.52. The first-order valence-electron chi connectivity index (χ1n) is 5.41. The molecule has 0 radical (unpaired) electrons. The SMILES string of the molecule is COCCNc1nccn1CCOCC(F)(F)F. The van der Waals surface area contributed by atoms with Gasteiger partial charge in [0, 0.05) is 32.6 Å². The number of nitrogens with one attached hydrogen (secondary N) is 1. The maximum absolute atomic E-state index is 11.8. The lowest BCUT2D eigenvalue weighted by Crippen LogP contribution is -2.19. The van der Waals surface area contributed by atoms with Crippen LogP contribution in [0.2, 0.25) is 0 Å². The topological polar surface area (TPSA) is 48.3 Å². The number of halogens is 3. The van der Waals surface area contributed by atoms with Crippen molar-refractivity contribution in [1.29, 1.82) is 0 Å². The number of rotatable bonds is 8. The van der Waals surface area contributed by atoms with Crippen LogP contribution in [0.3, 0.4) is 0 Å². The highest BCUT2D eigenvalue weighted by atomic mass is 19.4. The van der Waals surface area contributed by atoms with Crippen LogP contribution in [0.4, 0.5) is 19.1 Å². The largest absolute Gasteiger partial charge is 0.411 e. The average molecular weight is 267 g/mol. The number of ether oxygens (including phenoxy) is 2. The van der Waals surface area contributed by atoms with Gasteiger partial charge in [-0.05, 0) is 0 Å². The normalized spacial score (nSPS) is 11.8. The number of hydrogen-bond acceptors (Lipinski definition) is 4. The number of alkyl halides is 3. The Kier molecular flexibility index (Phi) is 5.93. The molecular formula is C10H16F3N3O2. The summed E-state index contributed by atoms with van der Waals surface area (Å²) in [7, 11) is 1.58. The summed E-state index contributed by atoms with van der Waals surface area (Å²) < 4.78 is 46.6. The van der Waals surface area contributed by atoms with Crippen molar-refractivity contribution in [2.75, 3.05) is 38.8 Å². The molecule has 1 aromatic rings. The second-order valence-electron chi connectivity index (χ2n) is 3.53. The van der Waals surface area contributed by atoms with Crippen LogP contribution in [0.15, 0.2) is 12.4 Å². The van der Waals surface area contributed by atoms with Crippen molar-refractivity contribution < 1.29 is 22.6 Å². The van der Waals surface area contributed by atoms with Gasteiger partial charge in [0.15, 0.2) is 0 Å². The van der Waals surface area contributed by atoms with E-state index in [1.807, 2.05) is 0 Å². The molecule has 0 unspecified atom stereocenters. The Hall–Kier alpha value is -1.28. The standard InChI is InChI=1S/C10H16F3N3O2/c1-17-6-3-15-9-14-2-4-16(9)5-7-18-8-10(11,12)13/h2,4H,3,5-8H2,1H3,(H,14,15). The van der Waals surface area contributed by atoms with Gasteiger partial charge in [0.1, 0.15) is 6.61 Å². The van der Waals surface area contributed by atoms with Crippen LogP contribution in [0.1, 0.15) is 0 Å². The maximum atomic E-state index is 11.8. The molecule has 1 heterocycles. The number of imidazole rings is 1. The summed E-state index contributed by atoms with van der Waals surface area (Å²) in [5, 5.41) is 3.00. The van der Waals surface area contributed by atoms with E-state index < -0.39 is 12.8 Å². The van der Waals surface area contributed by atoms with Crippen LogP contribution in [0, 0.1) is 0 Å². The van der Waals surface area contributed by atoms with Crippen LogP contribution >= 0.6 is 0 Å². The van der Waals surface area contributed by atoms with E-state index in [1.54, 1.807) is 24.1 Å². The third-order valence-electron chi connectivity index (χ3n) is 2.05. The lowest BCUT2D eigenvalue weighted by atomic mass is 10.6. The Labute approximate surface area is 103 Å². The zero-order valence-corrected chi connectivity index (χ0v) is 10.0. The van der Waals surface area contributed by atoms with Gasteiger partial charge in [-0.2, -0.15) is 13.2 Å². The molecule has 0 bridgehead atoms. The molecule has 8 heteroatoms. The third-order valence-corrected chi connectivity index (χ3v) is 2.05. The van der Waals surface area contributed by atoms with E-state index in [9.17, 15) is 13.2 Å². The number of anilines is 1. The van der Waals surface area contributed by atoms with Crippen LogP contribution in [0.5, 0.6) is 0 Å². The van der Waals surface area contributed by atoms with Gasteiger partial charge in [0.2, 0.25) is 5.95 Å². The molecule has 0 aromatic carbocycles. The minimum atomic E-state index is -4.28. The summed E-state index contributed by atoms with van der Waals surface area (Å²) in [6.07, 6.45) is -1.04. The van der Waals surface area contributed by atoms with Crippen LogP contribution in [0.25, 0.3) is 0 Å². The summed E-state index contributed by atoms with van der Waals surface area (Å²) in [6, 6.07) is 0. The average Bonchev–Trinajstić information content (AvgIpc) is 2.71. The highest BCUT2D eigenvalue weighted by molar-refractivity contribution is 5.25. The van der Waals surface area contributed by atoms with Crippen molar-refractivity contribution in [3.05, 3.63) is 12.4 Å². The monoisotopic (exact) mass is 267 g/mol. The minimum absolute atomic E-state index is 0.0190. The number of aromatic nitrogens is 2. The molecule has 18 heavy (non-hydrogen) atoms. The number of nitrogens with zero attached hydrogens (tertiary/aromatic N) is 2. The Morgan fingerprint density at radius 2 is 2.17 bits per heavy atom. The van der Waals surface area contributed by atoms with Crippen molar-refractivity contribution in [1.82, 2.24) is 9.55 Å². The summed E-state index contributed by atoms with van der Waals surface area (Å²) in [5.74, 6) is 0.586. The van der Waals surface area contributed by atoms with Crippen molar-refractivity contribution in [2.45, 2.75) is 12.7 Å². The smallest absolute Gasteiger partial charge is 0.383 e. The van der Waals surface area contributed by atoms with E-state index in [0.717, 1.165) is 0 Å². The van der Waals surface area contributed by atoms with Crippen LogP contribution in [-0.2, 0) is 16.0 Å².